The highest BCUT2D eigenvalue weighted by molar-refractivity contribution is 8.00. The number of hydrogen-bond acceptors (Lipinski definition) is 9. The molecule has 1 saturated heterocycles. The van der Waals surface area contributed by atoms with Gasteiger partial charge >= 0.3 is 0 Å². The third-order valence-electron chi connectivity index (χ3n) is 8.13. The van der Waals surface area contributed by atoms with Crippen LogP contribution in [0.25, 0.3) is 11.3 Å². The molecule has 0 bridgehead atoms. The number of halogens is 5. The monoisotopic (exact) mass is 630 g/mol. The number of rotatable bonds is 8. The van der Waals surface area contributed by atoms with Gasteiger partial charge in [0, 0.05) is 31.7 Å². The minimum absolute atomic E-state index is 0.158. The van der Waals surface area contributed by atoms with Crippen molar-refractivity contribution in [1.29, 1.82) is 0 Å². The maximum absolute atomic E-state index is 14.5. The van der Waals surface area contributed by atoms with Crippen molar-refractivity contribution < 1.29 is 46.7 Å². The van der Waals surface area contributed by atoms with Crippen LogP contribution < -0.4 is 0 Å². The summed E-state index contributed by atoms with van der Waals surface area (Å²) in [6.45, 7) is 1.15. The van der Waals surface area contributed by atoms with Crippen molar-refractivity contribution in [3.05, 3.63) is 65.4 Å². The van der Waals surface area contributed by atoms with Crippen LogP contribution in [0.4, 0.5) is 22.0 Å². The van der Waals surface area contributed by atoms with Crippen LogP contribution in [0.3, 0.4) is 0 Å². The summed E-state index contributed by atoms with van der Waals surface area (Å²) in [5.41, 5.74) is -1.97. The molecule has 3 N–H and O–H groups in total. The fraction of sp³-hybridized carbons (Fsp3) is 0.536. The van der Waals surface area contributed by atoms with Crippen molar-refractivity contribution >= 4 is 11.8 Å². The van der Waals surface area contributed by atoms with Gasteiger partial charge in [0.2, 0.25) is 5.92 Å². The first-order chi connectivity index (χ1) is 20.4. The number of methoxy groups -OCH3 is 1. The molecule has 2 aromatic heterocycles. The molecule has 6 atom stereocenters. The number of aromatic nitrogens is 4. The third-order valence-corrected chi connectivity index (χ3v) is 9.71. The fourth-order valence-corrected chi connectivity index (χ4v) is 7.42. The van der Waals surface area contributed by atoms with Crippen molar-refractivity contribution in [2.45, 2.75) is 79.2 Å². The van der Waals surface area contributed by atoms with Crippen molar-refractivity contribution in [2.24, 2.45) is 0 Å². The van der Waals surface area contributed by atoms with E-state index in [4.69, 9.17) is 9.47 Å². The van der Waals surface area contributed by atoms with Gasteiger partial charge in [-0.25, -0.2) is 26.6 Å². The molecule has 1 aliphatic carbocycles. The Morgan fingerprint density at radius 2 is 1.86 bits per heavy atom. The van der Waals surface area contributed by atoms with Gasteiger partial charge in [-0.15, -0.1) is 16.9 Å². The van der Waals surface area contributed by atoms with E-state index in [-0.39, 0.29) is 24.1 Å². The molecule has 5 rings (SSSR count). The molecule has 1 saturated carbocycles. The molecular formula is C28H31F5N4O5S. The number of aliphatic hydroxyl groups is 3. The predicted molar refractivity (Wildman–Crippen MR) is 145 cm³/mol. The Morgan fingerprint density at radius 3 is 2.51 bits per heavy atom. The van der Waals surface area contributed by atoms with E-state index >= 15 is 0 Å². The largest absolute Gasteiger partial charge is 0.394 e. The van der Waals surface area contributed by atoms with Gasteiger partial charge in [-0.3, -0.25) is 4.98 Å². The van der Waals surface area contributed by atoms with Crippen LogP contribution >= 0.6 is 11.8 Å². The minimum atomic E-state index is -2.91. The fourth-order valence-electron chi connectivity index (χ4n) is 5.66. The van der Waals surface area contributed by atoms with Crippen LogP contribution in [0.1, 0.15) is 48.2 Å². The standard InChI is InChI=1S/C28H31F5N4O5S/c1-14-4-3-11-34-21(14)25(27(40)7-9-28(32,33)10-8-27)43-26-24(41-2)22(23(39)18(13-38)42-26)37-12-17(35-36-37)15-5-6-16(29)20(31)19(15)30/h3-6,11-12,18,22-26,38-40H,7-10,13H2,1-2H3/t18-,22+,23+,24-,25-,26+/m1/s1. The summed E-state index contributed by atoms with van der Waals surface area (Å²) in [5, 5.41) is 40.0. The first-order valence-corrected chi connectivity index (χ1v) is 14.5. The molecule has 9 nitrogen and oxygen atoms in total. The highest BCUT2D eigenvalue weighted by Gasteiger charge is 2.53. The average Bonchev–Trinajstić information content (AvgIpc) is 3.46. The molecule has 0 radical (unpaired) electrons. The first kappa shape index (κ1) is 31.7. The van der Waals surface area contributed by atoms with E-state index in [9.17, 15) is 37.3 Å². The lowest BCUT2D eigenvalue weighted by molar-refractivity contribution is -0.186. The Kier molecular flexibility index (Phi) is 9.12. The zero-order chi connectivity index (χ0) is 31.1. The Labute approximate surface area is 248 Å². The second-order valence-corrected chi connectivity index (χ2v) is 12.1. The number of aryl methyl sites for hydroxylation is 1. The number of aliphatic hydroxyl groups excluding tert-OH is 2. The molecule has 2 fully saturated rings. The van der Waals surface area contributed by atoms with Crippen LogP contribution in [0.15, 0.2) is 36.7 Å². The minimum Gasteiger partial charge on any atom is -0.394 e. The molecule has 43 heavy (non-hydrogen) atoms. The number of alkyl halides is 2. The molecule has 1 aromatic carbocycles. The summed E-state index contributed by atoms with van der Waals surface area (Å²) in [5.74, 6) is -7.44. The Bertz CT molecular complexity index is 1440. The Hall–Kier alpha value is -2.69. The van der Waals surface area contributed by atoms with Gasteiger partial charge in [0.1, 0.15) is 35.5 Å². The van der Waals surface area contributed by atoms with E-state index < -0.39 is 83.5 Å². The third kappa shape index (κ3) is 6.15. The maximum Gasteiger partial charge on any atom is 0.248 e. The molecule has 15 heteroatoms. The van der Waals surface area contributed by atoms with Crippen molar-refractivity contribution in [3.8, 4) is 11.3 Å². The number of hydrogen-bond donors (Lipinski definition) is 3. The van der Waals surface area contributed by atoms with Gasteiger partial charge in [0.05, 0.1) is 29.3 Å². The van der Waals surface area contributed by atoms with Gasteiger partial charge in [-0.1, -0.05) is 11.3 Å². The van der Waals surface area contributed by atoms with Gasteiger partial charge in [-0.05, 0) is 43.5 Å². The van der Waals surface area contributed by atoms with Gasteiger partial charge in [0.25, 0.3) is 0 Å². The number of thioether (sulfide) groups is 1. The predicted octanol–water partition coefficient (Wildman–Crippen LogP) is 4.11. The lowest BCUT2D eigenvalue weighted by Crippen LogP contribution is -2.56. The lowest BCUT2D eigenvalue weighted by atomic mass is 9.79. The summed E-state index contributed by atoms with van der Waals surface area (Å²) >= 11 is 1.06. The van der Waals surface area contributed by atoms with E-state index in [1.165, 1.54) is 19.5 Å². The molecule has 3 heterocycles. The number of ether oxygens (including phenoxy) is 2. The number of nitrogens with zero attached hydrogens (tertiary/aromatic N) is 4. The number of pyridine rings is 1. The average molecular weight is 631 g/mol. The van der Waals surface area contributed by atoms with E-state index in [0.29, 0.717) is 11.3 Å². The summed E-state index contributed by atoms with van der Waals surface area (Å²) in [4.78, 5) is 4.46. The molecule has 0 spiro atoms. The first-order valence-electron chi connectivity index (χ1n) is 13.6. The van der Waals surface area contributed by atoms with Crippen molar-refractivity contribution in [3.63, 3.8) is 0 Å². The van der Waals surface area contributed by atoms with Gasteiger partial charge < -0.3 is 24.8 Å². The summed E-state index contributed by atoms with van der Waals surface area (Å²) in [7, 11) is 1.34. The van der Waals surface area contributed by atoms with Crippen molar-refractivity contribution in [2.75, 3.05) is 13.7 Å². The quantitative estimate of drug-likeness (QED) is 0.249. The molecule has 2 aliphatic rings. The summed E-state index contributed by atoms with van der Waals surface area (Å²) in [6, 6.07) is 4.14. The van der Waals surface area contributed by atoms with Crippen LogP contribution in [0.5, 0.6) is 0 Å². The van der Waals surface area contributed by atoms with Crippen molar-refractivity contribution in [1.82, 2.24) is 20.0 Å². The normalized spacial score (nSPS) is 27.6. The van der Waals surface area contributed by atoms with Gasteiger partial charge in [0.15, 0.2) is 17.5 Å². The second-order valence-electron chi connectivity index (χ2n) is 10.9. The van der Waals surface area contributed by atoms with E-state index in [1.807, 2.05) is 0 Å². The zero-order valence-electron chi connectivity index (χ0n) is 23.2. The smallest absolute Gasteiger partial charge is 0.248 e. The summed E-state index contributed by atoms with van der Waals surface area (Å²) in [6.07, 6.45) is -2.35. The van der Waals surface area contributed by atoms with Gasteiger partial charge in [-0.2, -0.15) is 0 Å². The lowest BCUT2D eigenvalue weighted by Gasteiger charge is -2.47. The van der Waals surface area contributed by atoms with Crippen LogP contribution in [0, 0.1) is 24.4 Å². The molecule has 3 aromatic rings. The van der Waals surface area contributed by atoms with Crippen LogP contribution in [-0.2, 0) is 9.47 Å². The van der Waals surface area contributed by atoms with E-state index in [2.05, 4.69) is 15.3 Å². The topological polar surface area (TPSA) is 123 Å². The zero-order valence-corrected chi connectivity index (χ0v) is 24.0. The molecule has 1 aliphatic heterocycles. The van der Waals surface area contributed by atoms with E-state index in [1.54, 1.807) is 19.1 Å². The molecule has 0 unspecified atom stereocenters. The van der Waals surface area contributed by atoms with Crippen LogP contribution in [0.2, 0.25) is 0 Å². The highest BCUT2D eigenvalue weighted by Crippen LogP contribution is 2.53. The number of benzene rings is 1. The molecule has 0 amide bonds. The Morgan fingerprint density at radius 1 is 1.14 bits per heavy atom. The maximum atomic E-state index is 14.5. The molecule has 234 valence electrons. The SMILES string of the molecule is CO[C@@H]1[C@@H](n2cc(-c3ccc(F)c(F)c3F)nn2)[C@@H](O)[C@@H](CO)O[C@H]1S[C@H](c1ncccc1C)C1(O)CCC(F)(F)CC1. The van der Waals surface area contributed by atoms with E-state index in [0.717, 1.165) is 28.6 Å². The highest BCUT2D eigenvalue weighted by atomic mass is 32.2. The second kappa shape index (κ2) is 12.4. The van der Waals surface area contributed by atoms with Crippen LogP contribution in [-0.4, -0.2) is 84.3 Å². The summed E-state index contributed by atoms with van der Waals surface area (Å²) < 4.78 is 83.1. The molecular weight excluding hydrogens is 599 g/mol. The Balaban J connectivity index is 1.51.